The summed E-state index contributed by atoms with van der Waals surface area (Å²) in [6.45, 7) is 10.8. The Balaban J connectivity index is 1.27. The van der Waals surface area contributed by atoms with Crippen LogP contribution in [0.1, 0.15) is 31.0 Å². The van der Waals surface area contributed by atoms with Crippen molar-refractivity contribution in [3.05, 3.63) is 65.3 Å². The molecule has 2 saturated heterocycles. The number of rotatable bonds is 5. The molecule has 3 aromatic rings. The molecule has 0 radical (unpaired) electrons. The molecule has 8 nitrogen and oxygen atoms in total. The van der Waals surface area contributed by atoms with Crippen LogP contribution in [0, 0.1) is 0 Å². The number of ether oxygens (including phenoxy) is 2. The Bertz CT molecular complexity index is 1540. The number of amides is 1. The molecular formula is C33H38ClN5O3. The monoisotopic (exact) mass is 587 g/mol. The van der Waals surface area contributed by atoms with E-state index in [0.29, 0.717) is 38.2 Å². The number of pyridine rings is 1. The molecule has 42 heavy (non-hydrogen) atoms. The molecule has 0 N–H and O–H groups in total. The fraction of sp³-hybridized carbons (Fsp3) is 0.455. The molecule has 7 rings (SSSR count). The number of carbonyl (C=O) groups is 1. The van der Waals surface area contributed by atoms with Gasteiger partial charge in [0.1, 0.15) is 13.2 Å². The van der Waals surface area contributed by atoms with E-state index >= 15 is 0 Å². The summed E-state index contributed by atoms with van der Waals surface area (Å²) in [6.07, 6.45) is 4.55. The highest BCUT2D eigenvalue weighted by Gasteiger charge is 2.42. The van der Waals surface area contributed by atoms with Crippen molar-refractivity contribution < 1.29 is 14.3 Å². The van der Waals surface area contributed by atoms with Crippen molar-refractivity contribution in [1.82, 2.24) is 14.8 Å². The van der Waals surface area contributed by atoms with Gasteiger partial charge in [-0.3, -0.25) is 4.79 Å². The highest BCUT2D eigenvalue weighted by atomic mass is 35.5. The molecule has 2 fully saturated rings. The summed E-state index contributed by atoms with van der Waals surface area (Å²) in [5.41, 5.74) is 4.45. The van der Waals surface area contributed by atoms with E-state index in [9.17, 15) is 4.79 Å². The average Bonchev–Trinajstić information content (AvgIpc) is 3.42. The van der Waals surface area contributed by atoms with Gasteiger partial charge in [0, 0.05) is 48.4 Å². The molecule has 3 atom stereocenters. The second-order valence-electron chi connectivity index (χ2n) is 12.1. The maximum atomic E-state index is 12.6. The fourth-order valence-corrected chi connectivity index (χ4v) is 7.49. The van der Waals surface area contributed by atoms with Gasteiger partial charge in [-0.1, -0.05) is 42.4 Å². The van der Waals surface area contributed by atoms with Crippen molar-refractivity contribution in [2.75, 3.05) is 56.2 Å². The van der Waals surface area contributed by atoms with Gasteiger partial charge < -0.3 is 29.1 Å². The van der Waals surface area contributed by atoms with Crippen molar-refractivity contribution in [3.63, 3.8) is 0 Å². The van der Waals surface area contributed by atoms with E-state index in [2.05, 4.69) is 59.5 Å². The van der Waals surface area contributed by atoms with Crippen LogP contribution in [0.5, 0.6) is 11.6 Å². The number of anilines is 2. The Morgan fingerprint density at radius 3 is 2.83 bits per heavy atom. The number of benzene rings is 2. The Morgan fingerprint density at radius 1 is 1.21 bits per heavy atom. The summed E-state index contributed by atoms with van der Waals surface area (Å²) >= 11 is 6.73. The molecular weight excluding hydrogens is 550 g/mol. The number of fused-ring (bicyclic) bond motifs is 6. The van der Waals surface area contributed by atoms with Gasteiger partial charge in [-0.15, -0.1) is 0 Å². The summed E-state index contributed by atoms with van der Waals surface area (Å²) in [5, 5.41) is 2.96. The lowest BCUT2D eigenvalue weighted by Crippen LogP contribution is -2.62. The van der Waals surface area contributed by atoms with Crippen LogP contribution in [0.4, 0.5) is 11.4 Å². The number of likely N-dealkylation sites (N-methyl/N-ethyl adjacent to an activating group) is 1. The van der Waals surface area contributed by atoms with Crippen molar-refractivity contribution in [3.8, 4) is 11.6 Å². The minimum absolute atomic E-state index is 0.0289. The molecule has 0 saturated carbocycles. The number of aromatic nitrogens is 1. The van der Waals surface area contributed by atoms with Crippen LogP contribution in [0.3, 0.4) is 0 Å². The lowest BCUT2D eigenvalue weighted by molar-refractivity contribution is -0.129. The molecule has 0 unspecified atom stereocenters. The first-order valence-electron chi connectivity index (χ1n) is 15.1. The second kappa shape index (κ2) is 11.0. The summed E-state index contributed by atoms with van der Waals surface area (Å²) in [7, 11) is 2.16. The third kappa shape index (κ3) is 4.65. The zero-order chi connectivity index (χ0) is 29.0. The molecule has 1 aromatic heterocycles. The van der Waals surface area contributed by atoms with Crippen molar-refractivity contribution >= 4 is 39.7 Å². The second-order valence-corrected chi connectivity index (χ2v) is 12.5. The predicted molar refractivity (Wildman–Crippen MR) is 167 cm³/mol. The molecule has 1 amide bonds. The zero-order valence-electron chi connectivity index (χ0n) is 24.4. The van der Waals surface area contributed by atoms with Crippen LogP contribution in [0.2, 0.25) is 5.02 Å². The SMILES string of the molecule is C=CC(=O)N1C[C@@H]2COc3c(OC[C@@H]4CCCN4C)nc4c(c3N2C[C@H]1C)CCN(c1cccc2cccc(Cl)c12)C4. The van der Waals surface area contributed by atoms with Gasteiger partial charge in [0.25, 0.3) is 5.88 Å². The quantitative estimate of drug-likeness (QED) is 0.393. The highest BCUT2D eigenvalue weighted by molar-refractivity contribution is 6.36. The molecule has 4 aliphatic heterocycles. The first-order chi connectivity index (χ1) is 20.4. The number of hydrogen-bond acceptors (Lipinski definition) is 7. The number of nitrogens with zero attached hydrogens (tertiary/aromatic N) is 5. The standard InChI is InChI=1S/C33H38ClN5O3/c1-4-29(40)38-17-24-20-41-32-31(39(24)16-21(38)2)25-13-15-37(28-12-6-9-22-8-5-11-26(34)30(22)28)18-27(25)35-33(32)42-19-23-10-7-14-36(23)3/h4-6,8-9,11-12,21,23-24H,1,7,10,13-20H2,2-3H3/t21-,23+,24-/m1/s1. The fourth-order valence-electron chi connectivity index (χ4n) is 7.22. The Hall–Kier alpha value is -3.49. The highest BCUT2D eigenvalue weighted by Crippen LogP contribution is 2.47. The lowest BCUT2D eigenvalue weighted by Gasteiger charge is -2.49. The van der Waals surface area contributed by atoms with Crippen molar-refractivity contribution in [2.24, 2.45) is 0 Å². The molecule has 5 heterocycles. The molecule has 4 aliphatic rings. The smallest absolute Gasteiger partial charge is 0.259 e. The number of piperazine rings is 1. The van der Waals surface area contributed by atoms with E-state index < -0.39 is 0 Å². The summed E-state index contributed by atoms with van der Waals surface area (Å²) in [6, 6.07) is 12.9. The summed E-state index contributed by atoms with van der Waals surface area (Å²) in [5.74, 6) is 1.30. The minimum atomic E-state index is -0.0289. The van der Waals surface area contributed by atoms with Crippen LogP contribution < -0.4 is 19.3 Å². The Kier molecular flexibility index (Phi) is 7.14. The average molecular weight is 588 g/mol. The molecule has 2 aromatic carbocycles. The third-order valence-corrected chi connectivity index (χ3v) is 9.83. The van der Waals surface area contributed by atoms with E-state index in [-0.39, 0.29) is 18.0 Å². The van der Waals surface area contributed by atoms with Crippen LogP contribution in [-0.4, -0.2) is 85.3 Å². The van der Waals surface area contributed by atoms with Crippen molar-refractivity contribution in [2.45, 2.75) is 50.9 Å². The van der Waals surface area contributed by atoms with E-state index in [1.807, 2.05) is 17.0 Å². The summed E-state index contributed by atoms with van der Waals surface area (Å²) in [4.78, 5) is 26.9. The maximum absolute atomic E-state index is 12.6. The molecule has 0 bridgehead atoms. The number of carbonyl (C=O) groups excluding carboxylic acids is 1. The van der Waals surface area contributed by atoms with Crippen LogP contribution in [0.25, 0.3) is 10.8 Å². The van der Waals surface area contributed by atoms with Crippen LogP contribution in [-0.2, 0) is 17.8 Å². The van der Waals surface area contributed by atoms with Gasteiger partial charge in [0.2, 0.25) is 11.7 Å². The van der Waals surface area contributed by atoms with Crippen LogP contribution >= 0.6 is 11.6 Å². The normalized spacial score (nSPS) is 23.7. The maximum Gasteiger partial charge on any atom is 0.259 e. The van der Waals surface area contributed by atoms with Gasteiger partial charge in [-0.05, 0) is 63.4 Å². The number of halogens is 1. The van der Waals surface area contributed by atoms with E-state index in [1.54, 1.807) is 0 Å². The topological polar surface area (TPSA) is 61.4 Å². The van der Waals surface area contributed by atoms with Gasteiger partial charge >= 0.3 is 0 Å². The number of likely N-dealkylation sites (tertiary alicyclic amines) is 1. The number of hydrogen-bond donors (Lipinski definition) is 0. The largest absolute Gasteiger partial charge is 0.484 e. The first kappa shape index (κ1) is 27.3. The Morgan fingerprint density at radius 2 is 2.05 bits per heavy atom. The van der Waals surface area contributed by atoms with Gasteiger partial charge in [-0.25, -0.2) is 4.98 Å². The van der Waals surface area contributed by atoms with E-state index in [1.165, 1.54) is 18.1 Å². The molecule has 0 aliphatic carbocycles. The minimum Gasteiger partial charge on any atom is -0.484 e. The molecule has 220 valence electrons. The molecule has 9 heteroatoms. The van der Waals surface area contributed by atoms with E-state index in [4.69, 9.17) is 26.1 Å². The van der Waals surface area contributed by atoms with Crippen molar-refractivity contribution in [1.29, 1.82) is 0 Å². The van der Waals surface area contributed by atoms with Gasteiger partial charge in [0.05, 0.1) is 29.0 Å². The lowest BCUT2D eigenvalue weighted by atomic mass is 9.96. The first-order valence-corrected chi connectivity index (χ1v) is 15.4. The summed E-state index contributed by atoms with van der Waals surface area (Å²) < 4.78 is 13.0. The van der Waals surface area contributed by atoms with Crippen LogP contribution in [0.15, 0.2) is 49.1 Å². The predicted octanol–water partition coefficient (Wildman–Crippen LogP) is 4.91. The Labute approximate surface area is 252 Å². The van der Waals surface area contributed by atoms with E-state index in [0.717, 1.165) is 71.1 Å². The zero-order valence-corrected chi connectivity index (χ0v) is 25.1. The molecule has 0 spiro atoms. The third-order valence-electron chi connectivity index (χ3n) is 9.52. The van der Waals surface area contributed by atoms with Gasteiger partial charge in [0.15, 0.2) is 0 Å². The van der Waals surface area contributed by atoms with Gasteiger partial charge in [-0.2, -0.15) is 0 Å².